The van der Waals surface area contributed by atoms with Crippen molar-refractivity contribution in [1.29, 1.82) is 0 Å². The molecule has 1 aliphatic carbocycles. The van der Waals surface area contributed by atoms with E-state index in [1.807, 2.05) is 0 Å². The Kier molecular flexibility index (Phi) is 5.48. The van der Waals surface area contributed by atoms with Crippen molar-refractivity contribution in [3.63, 3.8) is 0 Å². The molecule has 3 heterocycles. The summed E-state index contributed by atoms with van der Waals surface area (Å²) >= 11 is 5.84. The molecular weight excluding hydrogens is 432 g/mol. The predicted molar refractivity (Wildman–Crippen MR) is 120 cm³/mol. The van der Waals surface area contributed by atoms with Crippen LogP contribution in [0.4, 0.5) is 0 Å². The molecule has 5 rings (SSSR count). The number of halogens is 1. The van der Waals surface area contributed by atoms with Gasteiger partial charge in [-0.05, 0) is 43.2 Å². The number of hydrogen-bond acceptors (Lipinski definition) is 6. The lowest BCUT2D eigenvalue weighted by molar-refractivity contribution is -0.119. The van der Waals surface area contributed by atoms with Gasteiger partial charge in [0.1, 0.15) is 5.75 Å². The Balaban J connectivity index is 1.37. The average molecular weight is 453 g/mol. The highest BCUT2D eigenvalue weighted by Crippen LogP contribution is 2.31. The van der Waals surface area contributed by atoms with E-state index in [-0.39, 0.29) is 6.61 Å². The number of hydrogen-bond donors (Lipinski definition) is 1. The number of benzene rings is 1. The van der Waals surface area contributed by atoms with Gasteiger partial charge < -0.3 is 4.74 Å². The van der Waals surface area contributed by atoms with E-state index < -0.39 is 11.5 Å². The fourth-order valence-electron chi connectivity index (χ4n) is 4.00. The van der Waals surface area contributed by atoms with Gasteiger partial charge in [-0.1, -0.05) is 30.9 Å². The maximum absolute atomic E-state index is 12.9. The number of aromatic nitrogens is 5. The third-order valence-electron chi connectivity index (χ3n) is 5.65. The van der Waals surface area contributed by atoms with Crippen LogP contribution in [0, 0.1) is 0 Å². The molecule has 164 valence electrons. The Morgan fingerprint density at radius 3 is 2.72 bits per heavy atom. The minimum Gasteiger partial charge on any atom is -0.484 e. The van der Waals surface area contributed by atoms with Crippen LogP contribution in [0.3, 0.4) is 0 Å². The molecule has 0 aliphatic heterocycles. The van der Waals surface area contributed by atoms with Crippen LogP contribution >= 0.6 is 11.6 Å². The van der Waals surface area contributed by atoms with Gasteiger partial charge in [-0.3, -0.25) is 15.0 Å². The van der Waals surface area contributed by atoms with Crippen LogP contribution in [0.5, 0.6) is 5.75 Å². The minimum atomic E-state index is -0.476. The second-order valence-corrected chi connectivity index (χ2v) is 8.28. The summed E-state index contributed by atoms with van der Waals surface area (Å²) in [7, 11) is 0. The van der Waals surface area contributed by atoms with Crippen LogP contribution in [0.25, 0.3) is 16.7 Å². The first-order valence-electron chi connectivity index (χ1n) is 10.5. The first-order chi connectivity index (χ1) is 15.6. The molecule has 1 N–H and O–H groups in total. The quantitative estimate of drug-likeness (QED) is 0.498. The molecule has 1 saturated carbocycles. The van der Waals surface area contributed by atoms with Gasteiger partial charge in [0.2, 0.25) is 0 Å². The number of rotatable bonds is 5. The highest BCUT2D eigenvalue weighted by molar-refractivity contribution is 6.30. The normalized spacial score (nSPS) is 14.7. The zero-order valence-electron chi connectivity index (χ0n) is 17.2. The lowest BCUT2D eigenvalue weighted by atomic mass is 9.89. The molecule has 0 radical (unpaired) electrons. The second kappa shape index (κ2) is 8.58. The standard InChI is InChI=1S/C22H21ClN6O3/c23-15-6-8-16(9-7-15)32-13-19(30)26-28-11-10-18-17(21(28)31)12-24-22-25-20(27-29(18)22)14-4-2-1-3-5-14/h6-12,14H,1-5,13H2,(H,26,30). The van der Waals surface area contributed by atoms with E-state index in [2.05, 4.69) is 20.5 Å². The third-order valence-corrected chi connectivity index (χ3v) is 5.90. The summed E-state index contributed by atoms with van der Waals surface area (Å²) in [5, 5.41) is 5.55. The first-order valence-corrected chi connectivity index (χ1v) is 10.9. The molecule has 9 nitrogen and oxygen atoms in total. The lowest BCUT2D eigenvalue weighted by Gasteiger charge is -2.17. The summed E-state index contributed by atoms with van der Waals surface area (Å²) in [6.07, 6.45) is 8.73. The van der Waals surface area contributed by atoms with Gasteiger partial charge in [0.05, 0.1) is 10.9 Å². The highest BCUT2D eigenvalue weighted by Gasteiger charge is 2.21. The summed E-state index contributed by atoms with van der Waals surface area (Å²) in [4.78, 5) is 34.1. The van der Waals surface area contributed by atoms with Crippen molar-refractivity contribution < 1.29 is 9.53 Å². The smallest absolute Gasteiger partial charge is 0.280 e. The molecule has 0 unspecified atom stereocenters. The summed E-state index contributed by atoms with van der Waals surface area (Å²) < 4.78 is 8.14. The number of ether oxygens (including phenoxy) is 1. The number of amides is 1. The SMILES string of the molecule is O=C(COc1ccc(Cl)cc1)Nn1ccc2c(cnc3nc(C4CCCCC4)nn32)c1=O. The molecule has 0 bridgehead atoms. The van der Waals surface area contributed by atoms with Gasteiger partial charge >= 0.3 is 0 Å². The van der Waals surface area contributed by atoms with Crippen molar-refractivity contribution >= 4 is 34.2 Å². The topological polar surface area (TPSA) is 103 Å². The molecule has 0 spiro atoms. The Hall–Kier alpha value is -3.46. The largest absolute Gasteiger partial charge is 0.484 e. The summed E-state index contributed by atoms with van der Waals surface area (Å²) in [5.41, 5.74) is 2.71. The Bertz CT molecular complexity index is 1340. The lowest BCUT2D eigenvalue weighted by Crippen LogP contribution is -2.35. The number of fused-ring (bicyclic) bond motifs is 3. The van der Waals surface area contributed by atoms with Crippen LogP contribution in [0.1, 0.15) is 43.8 Å². The van der Waals surface area contributed by atoms with Crippen molar-refractivity contribution in [1.82, 2.24) is 24.3 Å². The maximum atomic E-state index is 12.9. The molecule has 1 aliphatic rings. The molecule has 3 aromatic heterocycles. The molecule has 0 saturated heterocycles. The van der Waals surface area contributed by atoms with Crippen molar-refractivity contribution in [3.8, 4) is 5.75 Å². The van der Waals surface area contributed by atoms with E-state index in [0.717, 1.165) is 23.3 Å². The predicted octanol–water partition coefficient (Wildman–Crippen LogP) is 3.29. The average Bonchev–Trinajstić information content (AvgIpc) is 3.26. The van der Waals surface area contributed by atoms with Crippen LogP contribution < -0.4 is 15.7 Å². The van der Waals surface area contributed by atoms with Gasteiger partial charge in [-0.2, -0.15) is 9.50 Å². The van der Waals surface area contributed by atoms with E-state index in [9.17, 15) is 9.59 Å². The molecule has 10 heteroatoms. The maximum Gasteiger partial charge on any atom is 0.280 e. The first kappa shape index (κ1) is 20.4. The van der Waals surface area contributed by atoms with Gasteiger partial charge in [0, 0.05) is 23.3 Å². The van der Waals surface area contributed by atoms with Crippen LogP contribution in [0.2, 0.25) is 5.02 Å². The monoisotopic (exact) mass is 452 g/mol. The fourth-order valence-corrected chi connectivity index (χ4v) is 4.13. The van der Waals surface area contributed by atoms with Gasteiger partial charge in [0.15, 0.2) is 12.4 Å². The van der Waals surface area contributed by atoms with Gasteiger partial charge in [-0.25, -0.2) is 9.66 Å². The molecule has 0 atom stereocenters. The zero-order valence-corrected chi connectivity index (χ0v) is 18.0. The van der Waals surface area contributed by atoms with E-state index in [0.29, 0.717) is 33.4 Å². The molecule has 32 heavy (non-hydrogen) atoms. The van der Waals surface area contributed by atoms with E-state index in [1.165, 1.54) is 31.7 Å². The van der Waals surface area contributed by atoms with Gasteiger partial charge in [0.25, 0.3) is 17.2 Å². The number of carbonyl (C=O) groups excluding carboxylic acids is 1. The van der Waals surface area contributed by atoms with Crippen LogP contribution in [0.15, 0.2) is 47.5 Å². The molecule has 1 amide bonds. The summed E-state index contributed by atoms with van der Waals surface area (Å²) in [5.74, 6) is 1.61. The summed E-state index contributed by atoms with van der Waals surface area (Å²) in [6, 6.07) is 8.37. The highest BCUT2D eigenvalue weighted by atomic mass is 35.5. The zero-order chi connectivity index (χ0) is 22.1. The number of carbonyl (C=O) groups is 1. The van der Waals surface area contributed by atoms with Crippen LogP contribution in [-0.2, 0) is 4.79 Å². The van der Waals surface area contributed by atoms with Crippen molar-refractivity contribution in [2.45, 2.75) is 38.0 Å². The van der Waals surface area contributed by atoms with Gasteiger partial charge in [-0.15, -0.1) is 5.10 Å². The third kappa shape index (κ3) is 4.03. The molecular formula is C22H21ClN6O3. The van der Waals surface area contributed by atoms with E-state index >= 15 is 0 Å². The fraction of sp³-hybridized carbons (Fsp3) is 0.318. The Morgan fingerprint density at radius 1 is 1.16 bits per heavy atom. The molecule has 4 aromatic rings. The van der Waals surface area contributed by atoms with E-state index in [1.54, 1.807) is 34.8 Å². The van der Waals surface area contributed by atoms with Crippen molar-refractivity contribution in [2.75, 3.05) is 12.0 Å². The van der Waals surface area contributed by atoms with Crippen molar-refractivity contribution in [3.05, 3.63) is 63.9 Å². The van der Waals surface area contributed by atoms with Crippen LogP contribution in [-0.4, -0.2) is 36.8 Å². The number of pyridine rings is 1. The molecule has 1 aromatic carbocycles. The second-order valence-electron chi connectivity index (χ2n) is 7.84. The molecule has 1 fully saturated rings. The Labute approximate surface area is 188 Å². The minimum absolute atomic E-state index is 0.253. The number of nitrogens with one attached hydrogen (secondary N) is 1. The van der Waals surface area contributed by atoms with E-state index in [4.69, 9.17) is 16.3 Å². The Morgan fingerprint density at radius 2 is 1.94 bits per heavy atom. The van der Waals surface area contributed by atoms with Crippen molar-refractivity contribution in [2.24, 2.45) is 0 Å². The summed E-state index contributed by atoms with van der Waals surface area (Å²) in [6.45, 7) is -0.253. The number of nitrogens with zero attached hydrogens (tertiary/aromatic N) is 5.